The van der Waals surface area contributed by atoms with Gasteiger partial charge in [0.05, 0.1) is 25.4 Å². The van der Waals surface area contributed by atoms with Crippen LogP contribution in [0, 0.1) is 0 Å². The molecular weight excluding hydrogens is 780 g/mol. The fourth-order valence-corrected chi connectivity index (χ4v) is 8.49. The van der Waals surface area contributed by atoms with Crippen LogP contribution >= 0.6 is 7.82 Å². The van der Waals surface area contributed by atoms with Gasteiger partial charge in [0.15, 0.2) is 0 Å². The van der Waals surface area contributed by atoms with E-state index in [2.05, 4.69) is 43.5 Å². The standard InChI is InChI=1S/C52H101N2O6P/c1-3-5-7-9-11-13-15-17-19-21-23-25-27-29-31-33-35-37-39-41-43-45-51(55)50(49-60-61(57,58)59-48-47-53)54-52(56)46-44-42-40-38-36-34-32-30-28-26-24-22-20-18-16-14-12-10-8-6-4-2/h22,24,35,37,43,45,50-51,55H,3-21,23,25-34,36,38-42,44,46-49,53H2,1-2H3,(H,54,56)(H,57,58)/b24-22-,37-35+,45-43+. The molecule has 8 nitrogen and oxygen atoms in total. The summed E-state index contributed by atoms with van der Waals surface area (Å²) in [5, 5.41) is 13.7. The van der Waals surface area contributed by atoms with Crippen molar-refractivity contribution in [3.63, 3.8) is 0 Å². The van der Waals surface area contributed by atoms with Gasteiger partial charge in [-0.25, -0.2) is 4.57 Å². The molecule has 0 rings (SSSR count). The van der Waals surface area contributed by atoms with Crippen molar-refractivity contribution in [1.82, 2.24) is 5.32 Å². The van der Waals surface area contributed by atoms with E-state index in [0.29, 0.717) is 6.42 Å². The van der Waals surface area contributed by atoms with E-state index in [1.165, 1.54) is 199 Å². The number of unbranched alkanes of at least 4 members (excludes halogenated alkanes) is 33. The van der Waals surface area contributed by atoms with E-state index in [1.54, 1.807) is 6.08 Å². The topological polar surface area (TPSA) is 131 Å². The number of rotatable bonds is 49. The van der Waals surface area contributed by atoms with Gasteiger partial charge in [-0.15, -0.1) is 0 Å². The van der Waals surface area contributed by atoms with Crippen LogP contribution < -0.4 is 11.1 Å². The average molecular weight is 881 g/mol. The third-order valence-corrected chi connectivity index (χ3v) is 12.7. The number of aliphatic hydroxyl groups is 1. The molecule has 0 heterocycles. The molecular formula is C52H101N2O6P. The first-order chi connectivity index (χ1) is 29.9. The van der Waals surface area contributed by atoms with Crippen molar-refractivity contribution in [3.8, 4) is 0 Å². The molecule has 0 aliphatic rings. The Balaban J connectivity index is 4.13. The molecule has 0 saturated carbocycles. The van der Waals surface area contributed by atoms with Crippen molar-refractivity contribution < 1.29 is 28.4 Å². The van der Waals surface area contributed by atoms with E-state index in [1.807, 2.05) is 6.08 Å². The van der Waals surface area contributed by atoms with Crippen LogP contribution in [0.3, 0.4) is 0 Å². The Morgan fingerprint density at radius 3 is 1.26 bits per heavy atom. The van der Waals surface area contributed by atoms with Crippen LogP contribution in [-0.4, -0.2) is 47.8 Å². The Bertz CT molecular complexity index is 1050. The van der Waals surface area contributed by atoms with E-state index < -0.39 is 20.0 Å². The number of aliphatic hydroxyl groups excluding tert-OH is 1. The van der Waals surface area contributed by atoms with Crippen molar-refractivity contribution in [1.29, 1.82) is 0 Å². The molecule has 0 fully saturated rings. The normalized spacial score (nSPS) is 14.1. The zero-order chi connectivity index (χ0) is 44.6. The first kappa shape index (κ1) is 59.7. The summed E-state index contributed by atoms with van der Waals surface area (Å²) < 4.78 is 22.2. The molecule has 61 heavy (non-hydrogen) atoms. The number of nitrogens with two attached hydrogens (primary N) is 1. The molecule has 3 atom stereocenters. The van der Waals surface area contributed by atoms with Crippen LogP contribution in [0.1, 0.15) is 258 Å². The van der Waals surface area contributed by atoms with Gasteiger partial charge in [-0.05, 0) is 57.8 Å². The Morgan fingerprint density at radius 2 is 0.869 bits per heavy atom. The molecule has 0 aliphatic heterocycles. The largest absolute Gasteiger partial charge is 0.472 e. The van der Waals surface area contributed by atoms with Gasteiger partial charge in [0.25, 0.3) is 0 Å². The summed E-state index contributed by atoms with van der Waals surface area (Å²) in [4.78, 5) is 22.8. The SMILES string of the molecule is CCCCCCCCCC/C=C\CCCCCCCCCCCC(=O)NC(COP(=O)(O)OCCN)C(O)/C=C/CC/C=C/CCCCCCCCCCCCCCCCC. The highest BCUT2D eigenvalue weighted by Crippen LogP contribution is 2.43. The third kappa shape index (κ3) is 46.5. The van der Waals surface area contributed by atoms with Crippen molar-refractivity contribution in [2.24, 2.45) is 5.73 Å². The smallest absolute Gasteiger partial charge is 0.387 e. The molecule has 3 unspecified atom stereocenters. The summed E-state index contributed by atoms with van der Waals surface area (Å²) in [6.07, 6.45) is 59.3. The minimum Gasteiger partial charge on any atom is -0.387 e. The highest BCUT2D eigenvalue weighted by Gasteiger charge is 2.26. The molecule has 0 aromatic rings. The zero-order valence-corrected chi connectivity index (χ0v) is 41.1. The summed E-state index contributed by atoms with van der Waals surface area (Å²) in [7, 11) is -4.35. The maximum absolute atomic E-state index is 12.8. The van der Waals surface area contributed by atoms with Crippen molar-refractivity contribution in [3.05, 3.63) is 36.5 Å². The second kappa shape index (κ2) is 48.2. The number of phosphoric ester groups is 1. The van der Waals surface area contributed by atoms with E-state index in [0.717, 1.165) is 38.5 Å². The van der Waals surface area contributed by atoms with Crippen LogP contribution in [0.4, 0.5) is 0 Å². The summed E-state index contributed by atoms with van der Waals surface area (Å²) in [5.41, 5.74) is 5.39. The fourth-order valence-electron chi connectivity index (χ4n) is 7.73. The number of hydrogen-bond donors (Lipinski definition) is 4. The van der Waals surface area contributed by atoms with Gasteiger partial charge in [0, 0.05) is 13.0 Å². The molecule has 0 aromatic carbocycles. The molecule has 0 saturated heterocycles. The van der Waals surface area contributed by atoms with Gasteiger partial charge in [-0.1, -0.05) is 230 Å². The van der Waals surface area contributed by atoms with Crippen LogP contribution in [0.5, 0.6) is 0 Å². The summed E-state index contributed by atoms with van der Waals surface area (Å²) in [6.45, 7) is 4.15. The van der Waals surface area contributed by atoms with Gasteiger partial charge < -0.3 is 21.1 Å². The number of amides is 1. The fraction of sp³-hybridized carbons (Fsp3) is 0.865. The maximum Gasteiger partial charge on any atom is 0.472 e. The van der Waals surface area contributed by atoms with Crippen LogP contribution in [0.25, 0.3) is 0 Å². The number of hydrogen-bond acceptors (Lipinski definition) is 6. The first-order valence-electron chi connectivity index (χ1n) is 26.1. The number of nitrogens with one attached hydrogen (secondary N) is 1. The lowest BCUT2D eigenvalue weighted by Crippen LogP contribution is -2.45. The Kier molecular flexibility index (Phi) is 47.2. The minimum absolute atomic E-state index is 0.0741. The lowest BCUT2D eigenvalue weighted by molar-refractivity contribution is -0.123. The quantitative estimate of drug-likeness (QED) is 0.0272. The molecule has 5 N–H and O–H groups in total. The van der Waals surface area contributed by atoms with Crippen molar-refractivity contribution in [2.45, 2.75) is 270 Å². The predicted molar refractivity (Wildman–Crippen MR) is 263 cm³/mol. The van der Waals surface area contributed by atoms with Crippen LogP contribution in [0.2, 0.25) is 0 Å². The van der Waals surface area contributed by atoms with E-state index >= 15 is 0 Å². The molecule has 0 radical (unpaired) electrons. The van der Waals surface area contributed by atoms with Crippen molar-refractivity contribution in [2.75, 3.05) is 19.8 Å². The Labute approximate surface area is 378 Å². The monoisotopic (exact) mass is 881 g/mol. The van der Waals surface area contributed by atoms with Crippen LogP contribution in [0.15, 0.2) is 36.5 Å². The highest BCUT2D eigenvalue weighted by molar-refractivity contribution is 7.47. The molecule has 360 valence electrons. The second-order valence-corrected chi connectivity index (χ2v) is 19.2. The minimum atomic E-state index is -4.35. The summed E-state index contributed by atoms with van der Waals surface area (Å²) in [6, 6.07) is -0.878. The van der Waals surface area contributed by atoms with E-state index in [9.17, 15) is 19.4 Å². The Morgan fingerprint density at radius 1 is 0.525 bits per heavy atom. The zero-order valence-electron chi connectivity index (χ0n) is 40.2. The van der Waals surface area contributed by atoms with Gasteiger partial charge in [0.2, 0.25) is 5.91 Å². The van der Waals surface area contributed by atoms with Crippen LogP contribution in [-0.2, 0) is 18.4 Å². The van der Waals surface area contributed by atoms with Gasteiger partial charge in [0.1, 0.15) is 0 Å². The van der Waals surface area contributed by atoms with Crippen molar-refractivity contribution >= 4 is 13.7 Å². The molecule has 0 bridgehead atoms. The van der Waals surface area contributed by atoms with Gasteiger partial charge >= 0.3 is 7.82 Å². The molecule has 9 heteroatoms. The number of carbonyl (C=O) groups is 1. The van der Waals surface area contributed by atoms with E-state index in [4.69, 9.17) is 14.8 Å². The Hall–Kier alpha value is -1.28. The molecule has 0 spiro atoms. The second-order valence-electron chi connectivity index (χ2n) is 17.7. The average Bonchev–Trinajstić information content (AvgIpc) is 3.25. The molecule has 0 aliphatic carbocycles. The van der Waals surface area contributed by atoms with E-state index in [-0.39, 0.29) is 25.7 Å². The molecule has 1 amide bonds. The maximum atomic E-state index is 12.8. The lowest BCUT2D eigenvalue weighted by atomic mass is 10.0. The number of carbonyl (C=O) groups excluding carboxylic acids is 1. The summed E-state index contributed by atoms with van der Waals surface area (Å²) >= 11 is 0. The van der Waals surface area contributed by atoms with Gasteiger partial charge in [-0.3, -0.25) is 13.8 Å². The highest BCUT2D eigenvalue weighted by atomic mass is 31.2. The summed E-state index contributed by atoms with van der Waals surface area (Å²) in [5.74, 6) is -0.203. The van der Waals surface area contributed by atoms with Gasteiger partial charge in [-0.2, -0.15) is 0 Å². The number of allylic oxidation sites excluding steroid dienone is 5. The first-order valence-corrected chi connectivity index (χ1v) is 27.6. The molecule has 0 aromatic heterocycles. The predicted octanol–water partition coefficient (Wildman–Crippen LogP) is 15.5. The number of phosphoric acid groups is 1. The lowest BCUT2D eigenvalue weighted by Gasteiger charge is -2.23. The third-order valence-electron chi connectivity index (χ3n) is 11.7.